The van der Waals surface area contributed by atoms with E-state index in [0.29, 0.717) is 18.0 Å². The molecule has 2 unspecified atom stereocenters. The number of hydrogen-bond donors (Lipinski definition) is 3. The molecule has 0 radical (unpaired) electrons. The standard InChI is InChI=1S/C16H21N3O/c17-10-13-3-1-2-4-14(13)19-16(20)12-6-5-11-7-8-18-15(11)9-12/h5-9,13-14,18H,1-4,10,17H2,(H,19,20). The lowest BCUT2D eigenvalue weighted by atomic mass is 9.84. The summed E-state index contributed by atoms with van der Waals surface area (Å²) in [6.07, 6.45) is 6.45. The highest BCUT2D eigenvalue weighted by Crippen LogP contribution is 2.24. The predicted molar refractivity (Wildman–Crippen MR) is 80.6 cm³/mol. The van der Waals surface area contributed by atoms with Crippen molar-refractivity contribution in [1.82, 2.24) is 10.3 Å². The summed E-state index contributed by atoms with van der Waals surface area (Å²) in [6, 6.07) is 7.99. The maximum Gasteiger partial charge on any atom is 0.251 e. The smallest absolute Gasteiger partial charge is 0.251 e. The number of nitrogens with two attached hydrogens (primary N) is 1. The Hall–Kier alpha value is -1.81. The molecule has 4 heteroatoms. The molecular weight excluding hydrogens is 250 g/mol. The average Bonchev–Trinajstić information content (AvgIpc) is 2.95. The first kappa shape index (κ1) is 13.2. The van der Waals surface area contributed by atoms with Crippen molar-refractivity contribution < 1.29 is 4.79 Å². The molecule has 1 aliphatic rings. The minimum atomic E-state index is 0.00634. The topological polar surface area (TPSA) is 70.9 Å². The van der Waals surface area contributed by atoms with Gasteiger partial charge in [-0.2, -0.15) is 0 Å². The third-order valence-corrected chi connectivity index (χ3v) is 4.35. The van der Waals surface area contributed by atoms with Crippen LogP contribution < -0.4 is 11.1 Å². The van der Waals surface area contributed by atoms with Crippen molar-refractivity contribution >= 4 is 16.8 Å². The number of nitrogens with one attached hydrogen (secondary N) is 2. The van der Waals surface area contributed by atoms with Gasteiger partial charge in [0, 0.05) is 23.3 Å². The van der Waals surface area contributed by atoms with Gasteiger partial charge in [-0.1, -0.05) is 18.9 Å². The van der Waals surface area contributed by atoms with Crippen LogP contribution in [0.3, 0.4) is 0 Å². The van der Waals surface area contributed by atoms with Crippen LogP contribution in [0, 0.1) is 5.92 Å². The first-order chi connectivity index (χ1) is 9.78. The molecule has 0 aliphatic heterocycles. The van der Waals surface area contributed by atoms with Gasteiger partial charge in [0.1, 0.15) is 0 Å². The fourth-order valence-corrected chi connectivity index (χ4v) is 3.12. The molecule has 1 aromatic carbocycles. The summed E-state index contributed by atoms with van der Waals surface area (Å²) < 4.78 is 0. The first-order valence-corrected chi connectivity index (χ1v) is 7.36. The Morgan fingerprint density at radius 1 is 1.30 bits per heavy atom. The zero-order chi connectivity index (χ0) is 13.9. The van der Waals surface area contributed by atoms with E-state index in [4.69, 9.17) is 5.73 Å². The van der Waals surface area contributed by atoms with E-state index in [1.807, 2.05) is 30.5 Å². The first-order valence-electron chi connectivity index (χ1n) is 7.36. The van der Waals surface area contributed by atoms with E-state index in [0.717, 1.165) is 23.7 Å². The second-order valence-corrected chi connectivity index (χ2v) is 5.64. The number of carbonyl (C=O) groups is 1. The largest absolute Gasteiger partial charge is 0.361 e. The zero-order valence-corrected chi connectivity index (χ0v) is 11.6. The van der Waals surface area contributed by atoms with Gasteiger partial charge in [0.25, 0.3) is 5.91 Å². The van der Waals surface area contributed by atoms with Crippen molar-refractivity contribution in [1.29, 1.82) is 0 Å². The van der Waals surface area contributed by atoms with Crippen LogP contribution in [0.25, 0.3) is 10.9 Å². The van der Waals surface area contributed by atoms with E-state index in [2.05, 4.69) is 10.3 Å². The normalized spacial score (nSPS) is 22.9. The molecule has 0 saturated heterocycles. The third kappa shape index (κ3) is 2.56. The molecular formula is C16H21N3O. The van der Waals surface area contributed by atoms with Gasteiger partial charge in [-0.3, -0.25) is 4.79 Å². The molecule has 1 fully saturated rings. The maximum absolute atomic E-state index is 12.4. The average molecular weight is 271 g/mol. The van der Waals surface area contributed by atoms with E-state index < -0.39 is 0 Å². The van der Waals surface area contributed by atoms with Gasteiger partial charge >= 0.3 is 0 Å². The number of amides is 1. The molecule has 1 aromatic heterocycles. The Balaban J connectivity index is 1.74. The second kappa shape index (κ2) is 5.67. The van der Waals surface area contributed by atoms with Crippen LogP contribution in [-0.2, 0) is 0 Å². The van der Waals surface area contributed by atoms with Gasteiger partial charge in [-0.05, 0) is 48.9 Å². The minimum Gasteiger partial charge on any atom is -0.361 e. The fourth-order valence-electron chi connectivity index (χ4n) is 3.12. The van der Waals surface area contributed by atoms with Gasteiger partial charge in [0.05, 0.1) is 0 Å². The molecule has 1 heterocycles. The Kier molecular flexibility index (Phi) is 3.74. The van der Waals surface area contributed by atoms with Crippen molar-refractivity contribution in [3.8, 4) is 0 Å². The summed E-state index contributed by atoms with van der Waals surface area (Å²) in [7, 11) is 0. The summed E-state index contributed by atoms with van der Waals surface area (Å²) in [5.41, 5.74) is 7.52. The maximum atomic E-state index is 12.4. The molecule has 4 N–H and O–H groups in total. The van der Waals surface area contributed by atoms with Crippen LogP contribution in [0.2, 0.25) is 0 Å². The van der Waals surface area contributed by atoms with Gasteiger partial charge in [-0.25, -0.2) is 0 Å². The molecule has 1 amide bonds. The van der Waals surface area contributed by atoms with Crippen molar-refractivity contribution in [2.24, 2.45) is 11.7 Å². The Bertz CT molecular complexity index is 605. The Labute approximate surface area is 118 Å². The summed E-state index contributed by atoms with van der Waals surface area (Å²) in [6.45, 7) is 0.653. The predicted octanol–water partition coefficient (Wildman–Crippen LogP) is 2.42. The summed E-state index contributed by atoms with van der Waals surface area (Å²) in [4.78, 5) is 15.5. The lowest BCUT2D eigenvalue weighted by Gasteiger charge is -2.31. The van der Waals surface area contributed by atoms with E-state index in [-0.39, 0.29) is 11.9 Å². The van der Waals surface area contributed by atoms with E-state index in [1.165, 1.54) is 12.8 Å². The van der Waals surface area contributed by atoms with Crippen LogP contribution in [0.15, 0.2) is 30.5 Å². The van der Waals surface area contributed by atoms with Gasteiger partial charge in [-0.15, -0.1) is 0 Å². The molecule has 2 atom stereocenters. The number of carbonyl (C=O) groups excluding carboxylic acids is 1. The molecule has 0 bridgehead atoms. The zero-order valence-electron chi connectivity index (χ0n) is 11.6. The SMILES string of the molecule is NCC1CCCCC1NC(=O)c1ccc2cc[nH]c2c1. The van der Waals surface area contributed by atoms with Gasteiger partial charge in [0.15, 0.2) is 0 Å². The molecule has 4 nitrogen and oxygen atoms in total. The van der Waals surface area contributed by atoms with E-state index in [1.54, 1.807) is 0 Å². The van der Waals surface area contributed by atoms with Crippen molar-refractivity contribution in [2.75, 3.05) is 6.54 Å². The van der Waals surface area contributed by atoms with Gasteiger partial charge < -0.3 is 16.0 Å². The van der Waals surface area contributed by atoms with Crippen LogP contribution in [0.1, 0.15) is 36.0 Å². The van der Waals surface area contributed by atoms with Crippen LogP contribution in [0.4, 0.5) is 0 Å². The number of hydrogen-bond acceptors (Lipinski definition) is 2. The highest BCUT2D eigenvalue weighted by atomic mass is 16.1. The van der Waals surface area contributed by atoms with Crippen LogP contribution in [0.5, 0.6) is 0 Å². The Morgan fingerprint density at radius 2 is 2.15 bits per heavy atom. The highest BCUT2D eigenvalue weighted by molar-refractivity contribution is 5.98. The molecule has 1 saturated carbocycles. The molecule has 20 heavy (non-hydrogen) atoms. The van der Waals surface area contributed by atoms with E-state index in [9.17, 15) is 4.79 Å². The lowest BCUT2D eigenvalue weighted by molar-refractivity contribution is 0.0908. The monoisotopic (exact) mass is 271 g/mol. The summed E-state index contributed by atoms with van der Waals surface area (Å²) >= 11 is 0. The van der Waals surface area contributed by atoms with Crippen LogP contribution >= 0.6 is 0 Å². The molecule has 3 rings (SSSR count). The number of aromatic nitrogens is 1. The third-order valence-electron chi connectivity index (χ3n) is 4.35. The molecule has 2 aromatic rings. The quantitative estimate of drug-likeness (QED) is 0.802. The number of H-pyrrole nitrogens is 1. The number of rotatable bonds is 3. The second-order valence-electron chi connectivity index (χ2n) is 5.64. The molecule has 0 spiro atoms. The van der Waals surface area contributed by atoms with Gasteiger partial charge in [0.2, 0.25) is 0 Å². The molecule has 106 valence electrons. The lowest BCUT2D eigenvalue weighted by Crippen LogP contribution is -2.44. The number of benzene rings is 1. The number of aromatic amines is 1. The van der Waals surface area contributed by atoms with E-state index >= 15 is 0 Å². The van der Waals surface area contributed by atoms with Crippen LogP contribution in [-0.4, -0.2) is 23.5 Å². The summed E-state index contributed by atoms with van der Waals surface area (Å²) in [5, 5.41) is 4.28. The van der Waals surface area contributed by atoms with Crippen molar-refractivity contribution in [2.45, 2.75) is 31.7 Å². The number of fused-ring (bicyclic) bond motifs is 1. The Morgan fingerprint density at radius 3 is 3.00 bits per heavy atom. The summed E-state index contributed by atoms with van der Waals surface area (Å²) in [5.74, 6) is 0.425. The van der Waals surface area contributed by atoms with Crippen molar-refractivity contribution in [3.05, 3.63) is 36.0 Å². The fraction of sp³-hybridized carbons (Fsp3) is 0.438. The minimum absolute atomic E-state index is 0.00634. The molecule has 1 aliphatic carbocycles. The highest BCUT2D eigenvalue weighted by Gasteiger charge is 2.25. The van der Waals surface area contributed by atoms with Crippen molar-refractivity contribution in [3.63, 3.8) is 0 Å².